The molecule has 5 N–H and O–H groups in total. The standard InChI is InChI=1S/C73H107F5N12O13/c1-15-44(6)60(81-62(94)52(79-8)36-42(3)4)69(101)85(12)45(7)64(96)90-35-31-54(90)68(100)88(16-2)56(39-46-27-25-43(5)26-28-46)67(99)84(11)41-57(91)80-51(30-29-47-37-49(74)59(50(75)38-47)73(76,77)78)65(97)89-34-21-24-53(89)63(95)82-72(32-19-20-33-72)71(103)87(14)61(48-22-17-18-23-48)70(102)86(13)55(40-58(92)93)66(98)83(9)10/h25-28,37-38,42,44-45,48,51-56,60-61,79H,15-24,29-36,39-41H2,1-14H3,(H,80,91)(H,81,94)(H,82,95)(H,92,93)/t44?,45-,51-,52-,53?,54?,55?,56-,60?,61-/m0/s1. The Kier molecular flexibility index (Phi) is 29.6. The number of halogens is 5. The van der Waals surface area contributed by atoms with Gasteiger partial charge in [0.1, 0.15) is 71.1 Å². The number of hydrogen-bond donors (Lipinski definition) is 5. The Bertz CT molecular complexity index is 3380. The second-order valence-electron chi connectivity index (χ2n) is 29.1. The minimum Gasteiger partial charge on any atom is -0.481 e. The topological polar surface area (TPSA) is 299 Å². The summed E-state index contributed by atoms with van der Waals surface area (Å²) in [6.45, 7) is 11.9. The highest BCUT2D eigenvalue weighted by molar-refractivity contribution is 6.00. The first-order valence-corrected chi connectivity index (χ1v) is 35.9. The average Bonchev–Trinajstić information content (AvgIpc) is 1.77. The van der Waals surface area contributed by atoms with Crippen LogP contribution < -0.4 is 21.3 Å². The number of hydrogen-bond acceptors (Lipinski definition) is 13. The van der Waals surface area contributed by atoms with Crippen LogP contribution in [0.3, 0.4) is 0 Å². The lowest BCUT2D eigenvalue weighted by Gasteiger charge is -2.45. The first kappa shape index (κ1) is 83.6. The number of nitrogens with one attached hydrogen (secondary N) is 4. The summed E-state index contributed by atoms with van der Waals surface area (Å²) in [7, 11) is 9.98. The van der Waals surface area contributed by atoms with Crippen LogP contribution in [-0.2, 0) is 76.6 Å². The summed E-state index contributed by atoms with van der Waals surface area (Å²) in [5.41, 5.74) is -2.58. The molecule has 4 fully saturated rings. The Hall–Kier alpha value is -8.31. The molecule has 2 aromatic carbocycles. The van der Waals surface area contributed by atoms with Crippen molar-refractivity contribution in [2.24, 2.45) is 17.8 Å². The van der Waals surface area contributed by atoms with Crippen LogP contribution in [0.15, 0.2) is 36.4 Å². The van der Waals surface area contributed by atoms with Crippen LogP contribution in [0.5, 0.6) is 0 Å². The molecule has 4 aliphatic rings. The Morgan fingerprint density at radius 2 is 1.28 bits per heavy atom. The summed E-state index contributed by atoms with van der Waals surface area (Å²) in [5.74, 6) is -13.1. The number of nitrogens with zero attached hydrogens (tertiary/aromatic N) is 8. The lowest BCUT2D eigenvalue weighted by molar-refractivity contribution is -0.160. The molecule has 11 amide bonds. The van der Waals surface area contributed by atoms with Gasteiger partial charge in [0.15, 0.2) is 0 Å². The van der Waals surface area contributed by atoms with Crippen molar-refractivity contribution in [1.82, 2.24) is 60.5 Å². The molecule has 2 saturated heterocycles. The lowest BCUT2D eigenvalue weighted by Crippen LogP contribution is -2.65. The minimum atomic E-state index is -5.41. The van der Waals surface area contributed by atoms with Gasteiger partial charge in [0.2, 0.25) is 65.0 Å². The Morgan fingerprint density at radius 3 is 1.81 bits per heavy atom. The third kappa shape index (κ3) is 20.4. The monoisotopic (exact) mass is 1450 g/mol. The van der Waals surface area contributed by atoms with Crippen LogP contribution >= 0.6 is 0 Å². The predicted octanol–water partition coefficient (Wildman–Crippen LogP) is 5.07. The molecule has 0 bridgehead atoms. The summed E-state index contributed by atoms with van der Waals surface area (Å²) in [6.07, 6.45) is -2.05. The van der Waals surface area contributed by atoms with Crippen LogP contribution in [-0.4, -0.2) is 251 Å². The van der Waals surface area contributed by atoms with E-state index in [1.807, 2.05) is 46.8 Å². The third-order valence-corrected chi connectivity index (χ3v) is 21.2. The number of likely N-dealkylation sites (N-methyl/N-ethyl adjacent to an activating group) is 7. The molecule has 2 saturated carbocycles. The van der Waals surface area contributed by atoms with Crippen molar-refractivity contribution in [3.63, 3.8) is 0 Å². The fourth-order valence-electron chi connectivity index (χ4n) is 14.7. The van der Waals surface area contributed by atoms with Gasteiger partial charge in [-0.1, -0.05) is 89.6 Å². The quantitative estimate of drug-likeness (QED) is 0.0584. The van der Waals surface area contributed by atoms with Crippen molar-refractivity contribution < 1.29 is 84.6 Å². The molecule has 572 valence electrons. The second kappa shape index (κ2) is 36.4. The number of aliphatic carboxylic acids is 1. The number of benzene rings is 2. The number of carboxylic acids is 1. The summed E-state index contributed by atoms with van der Waals surface area (Å²) in [6, 6.07) is -2.58. The van der Waals surface area contributed by atoms with E-state index < -0.39 is 180 Å². The fourth-order valence-corrected chi connectivity index (χ4v) is 14.7. The maximum Gasteiger partial charge on any atom is 0.422 e. The van der Waals surface area contributed by atoms with Gasteiger partial charge in [-0.15, -0.1) is 0 Å². The van der Waals surface area contributed by atoms with Crippen molar-refractivity contribution in [2.75, 3.05) is 75.5 Å². The molecular weight excluding hydrogens is 1350 g/mol. The van der Waals surface area contributed by atoms with E-state index in [1.165, 1.54) is 73.7 Å². The SMILES string of the molecule is CCC(C)C(NC(=O)[C@H](CC(C)C)NC)C(=O)N(C)[C@@H](C)C(=O)N1CCC1C(=O)N(CC)[C@@H](Cc1ccc(C)cc1)C(=O)N(C)CC(=O)N[C@@H](CCc1cc(F)c(C(F)(F)F)c(F)c1)C(=O)N1CCCC1C(=O)NC1(C(=O)N(C)[C@H](C(=O)N(C)C(CC(=O)O)C(=O)N(C)C)C2CCCC2)CCCC1. The second-order valence-corrected chi connectivity index (χ2v) is 29.1. The van der Waals surface area contributed by atoms with Gasteiger partial charge in [-0.3, -0.25) is 57.5 Å². The Labute approximate surface area is 601 Å². The van der Waals surface area contributed by atoms with Crippen LogP contribution in [0.25, 0.3) is 0 Å². The zero-order valence-corrected chi connectivity index (χ0v) is 62.1. The predicted molar refractivity (Wildman–Crippen MR) is 371 cm³/mol. The van der Waals surface area contributed by atoms with Gasteiger partial charge in [0.25, 0.3) is 0 Å². The van der Waals surface area contributed by atoms with Gasteiger partial charge in [-0.05, 0) is 133 Å². The highest BCUT2D eigenvalue weighted by Crippen LogP contribution is 2.38. The summed E-state index contributed by atoms with van der Waals surface area (Å²) >= 11 is 0. The minimum absolute atomic E-state index is 0.0392. The molecule has 30 heteroatoms. The summed E-state index contributed by atoms with van der Waals surface area (Å²) < 4.78 is 71.5. The van der Waals surface area contributed by atoms with Gasteiger partial charge < -0.3 is 65.6 Å². The molecule has 0 aromatic heterocycles. The largest absolute Gasteiger partial charge is 0.481 e. The van der Waals surface area contributed by atoms with E-state index in [1.54, 1.807) is 26.1 Å². The lowest BCUT2D eigenvalue weighted by atomic mass is 9.90. The van der Waals surface area contributed by atoms with E-state index in [0.717, 1.165) is 33.1 Å². The van der Waals surface area contributed by atoms with E-state index in [9.17, 15) is 61.4 Å². The van der Waals surface area contributed by atoms with E-state index in [2.05, 4.69) is 21.3 Å². The number of amides is 11. The van der Waals surface area contributed by atoms with E-state index in [0.29, 0.717) is 56.2 Å². The van der Waals surface area contributed by atoms with E-state index >= 15 is 23.2 Å². The number of aryl methyl sites for hydroxylation is 2. The van der Waals surface area contributed by atoms with Crippen LogP contribution in [0.1, 0.15) is 160 Å². The van der Waals surface area contributed by atoms with Crippen LogP contribution in [0.2, 0.25) is 0 Å². The van der Waals surface area contributed by atoms with Crippen molar-refractivity contribution in [2.45, 2.75) is 224 Å². The van der Waals surface area contributed by atoms with Gasteiger partial charge in [0, 0.05) is 68.3 Å². The molecule has 0 spiro atoms. The highest BCUT2D eigenvalue weighted by Gasteiger charge is 2.52. The zero-order chi connectivity index (χ0) is 76.9. The fraction of sp³-hybridized carbons (Fsp3) is 0.671. The van der Waals surface area contributed by atoms with Crippen molar-refractivity contribution in [3.8, 4) is 0 Å². The number of alkyl halides is 3. The number of carbonyl (C=O) groups is 12. The molecule has 5 unspecified atom stereocenters. The third-order valence-electron chi connectivity index (χ3n) is 21.2. The molecule has 2 aromatic rings. The molecule has 2 aliphatic heterocycles. The molecule has 25 nitrogen and oxygen atoms in total. The van der Waals surface area contributed by atoms with Crippen molar-refractivity contribution in [1.29, 1.82) is 0 Å². The van der Waals surface area contributed by atoms with Gasteiger partial charge in [0.05, 0.1) is 19.0 Å². The number of rotatable bonds is 33. The van der Waals surface area contributed by atoms with Gasteiger partial charge in [-0.2, -0.15) is 13.2 Å². The van der Waals surface area contributed by atoms with Gasteiger partial charge in [-0.25, -0.2) is 8.78 Å². The molecule has 103 heavy (non-hydrogen) atoms. The molecule has 2 aliphatic carbocycles. The number of carboxylic acid groups (broad SMARTS) is 1. The Morgan fingerprint density at radius 1 is 0.680 bits per heavy atom. The summed E-state index contributed by atoms with van der Waals surface area (Å²) in [5, 5.41) is 21.3. The van der Waals surface area contributed by atoms with E-state index in [-0.39, 0.29) is 81.5 Å². The molecule has 10 atom stereocenters. The normalized spacial score (nSPS) is 19.0. The van der Waals surface area contributed by atoms with Gasteiger partial charge >= 0.3 is 12.1 Å². The number of carbonyl (C=O) groups excluding carboxylic acids is 11. The smallest absolute Gasteiger partial charge is 0.422 e. The molecule has 2 heterocycles. The first-order valence-electron chi connectivity index (χ1n) is 35.9. The van der Waals surface area contributed by atoms with Crippen LogP contribution in [0, 0.1) is 36.3 Å². The maximum absolute atomic E-state index is 15.2. The number of likely N-dealkylation sites (tertiary alicyclic amines) is 2. The van der Waals surface area contributed by atoms with Crippen molar-refractivity contribution in [3.05, 3.63) is 70.3 Å². The van der Waals surface area contributed by atoms with Crippen molar-refractivity contribution >= 4 is 70.9 Å². The first-order chi connectivity index (χ1) is 48.3. The molecule has 6 rings (SSSR count). The zero-order valence-electron chi connectivity index (χ0n) is 62.1. The average molecular weight is 1460 g/mol. The Balaban J connectivity index is 1.25. The van der Waals surface area contributed by atoms with Crippen LogP contribution in [0.4, 0.5) is 22.0 Å². The molecular formula is C73H107F5N12O13. The summed E-state index contributed by atoms with van der Waals surface area (Å²) in [4.78, 5) is 182. The van der Waals surface area contributed by atoms with E-state index in [4.69, 9.17) is 0 Å². The highest BCUT2D eigenvalue weighted by atomic mass is 19.4. The molecule has 0 radical (unpaired) electrons. The maximum atomic E-state index is 15.2.